The molecule has 2 N–H and O–H groups in total. The summed E-state index contributed by atoms with van der Waals surface area (Å²) in [5.74, 6) is 1.61. The molecule has 130 valence electrons. The molecule has 1 aromatic heterocycles. The third kappa shape index (κ3) is 3.06. The van der Waals surface area contributed by atoms with Gasteiger partial charge in [0.25, 0.3) is 5.88 Å². The van der Waals surface area contributed by atoms with Crippen LogP contribution in [-0.2, 0) is 0 Å². The van der Waals surface area contributed by atoms with Gasteiger partial charge in [-0.1, -0.05) is 22.0 Å². The highest BCUT2D eigenvalue weighted by Crippen LogP contribution is 2.42. The summed E-state index contributed by atoms with van der Waals surface area (Å²) in [5, 5.41) is 13.2. The van der Waals surface area contributed by atoms with Gasteiger partial charge in [0.1, 0.15) is 12.1 Å². The first-order chi connectivity index (χ1) is 12.6. The number of nitrogens with zero attached hydrogens (tertiary/aromatic N) is 3. The normalized spacial score (nSPS) is 11.8. The number of anilines is 2. The van der Waals surface area contributed by atoms with Crippen molar-refractivity contribution in [3.05, 3.63) is 52.8 Å². The van der Waals surface area contributed by atoms with Crippen molar-refractivity contribution in [2.24, 2.45) is 4.99 Å². The molecule has 4 rings (SSSR count). The van der Waals surface area contributed by atoms with Crippen LogP contribution >= 0.6 is 15.9 Å². The molecule has 3 aromatic rings. The summed E-state index contributed by atoms with van der Waals surface area (Å²) in [6, 6.07) is 10.8. The highest BCUT2D eigenvalue weighted by Gasteiger charge is 2.19. The Balaban J connectivity index is 1.75. The molecule has 0 spiro atoms. The SMILES string of the molecule is COc1cc2c(cc1O)C=Nc1c(Nc3cccc(Br)c3)ncnc1O2. The number of fused-ring (bicyclic) bond motifs is 2. The molecule has 8 heteroatoms. The Morgan fingerprint density at radius 1 is 1.19 bits per heavy atom. The zero-order chi connectivity index (χ0) is 18.1. The molecule has 2 heterocycles. The number of rotatable bonds is 3. The van der Waals surface area contributed by atoms with E-state index in [9.17, 15) is 5.11 Å². The summed E-state index contributed by atoms with van der Waals surface area (Å²) >= 11 is 3.44. The number of aliphatic imine (C=N–C) groups is 1. The van der Waals surface area contributed by atoms with Gasteiger partial charge in [-0.25, -0.2) is 9.98 Å². The van der Waals surface area contributed by atoms with Crippen LogP contribution in [-0.4, -0.2) is 28.4 Å². The van der Waals surface area contributed by atoms with Gasteiger partial charge in [0, 0.05) is 28.0 Å². The smallest absolute Gasteiger partial charge is 0.250 e. The minimum absolute atomic E-state index is 0.00539. The Morgan fingerprint density at radius 2 is 2.08 bits per heavy atom. The van der Waals surface area contributed by atoms with E-state index in [4.69, 9.17) is 9.47 Å². The number of benzene rings is 2. The lowest BCUT2D eigenvalue weighted by Crippen LogP contribution is -1.97. The molecule has 0 unspecified atom stereocenters. The van der Waals surface area contributed by atoms with Crippen molar-refractivity contribution in [2.75, 3.05) is 12.4 Å². The number of aromatic hydroxyl groups is 1. The second-order valence-corrected chi connectivity index (χ2v) is 6.35. The number of methoxy groups -OCH3 is 1. The lowest BCUT2D eigenvalue weighted by molar-refractivity contribution is 0.369. The Bertz CT molecular complexity index is 1020. The van der Waals surface area contributed by atoms with Gasteiger partial charge in [0.2, 0.25) is 0 Å². The number of phenolic OH excluding ortho intramolecular Hbond substituents is 1. The van der Waals surface area contributed by atoms with Gasteiger partial charge in [-0.15, -0.1) is 0 Å². The van der Waals surface area contributed by atoms with Gasteiger partial charge < -0.3 is 19.9 Å². The summed E-state index contributed by atoms with van der Waals surface area (Å²) in [5.41, 5.74) is 1.91. The molecule has 0 aliphatic carbocycles. The van der Waals surface area contributed by atoms with E-state index in [1.54, 1.807) is 12.3 Å². The quantitative estimate of drug-likeness (QED) is 0.512. The molecule has 0 saturated heterocycles. The molecule has 7 nitrogen and oxygen atoms in total. The van der Waals surface area contributed by atoms with Crippen molar-refractivity contribution in [3.63, 3.8) is 0 Å². The van der Waals surface area contributed by atoms with E-state index in [2.05, 4.69) is 36.2 Å². The summed E-state index contributed by atoms with van der Waals surface area (Å²) < 4.78 is 12.0. The zero-order valence-corrected chi connectivity index (χ0v) is 15.2. The maximum atomic E-state index is 9.96. The van der Waals surface area contributed by atoms with Crippen LogP contribution in [0.2, 0.25) is 0 Å². The Kier molecular flexibility index (Phi) is 4.18. The molecule has 2 aromatic carbocycles. The summed E-state index contributed by atoms with van der Waals surface area (Å²) in [4.78, 5) is 12.9. The minimum atomic E-state index is 0.00539. The second-order valence-electron chi connectivity index (χ2n) is 5.43. The number of aromatic nitrogens is 2. The predicted octanol–water partition coefficient (Wildman–Crippen LogP) is 4.55. The van der Waals surface area contributed by atoms with Crippen molar-refractivity contribution in [1.82, 2.24) is 9.97 Å². The van der Waals surface area contributed by atoms with Crippen LogP contribution in [0.25, 0.3) is 0 Å². The molecule has 26 heavy (non-hydrogen) atoms. The largest absolute Gasteiger partial charge is 0.504 e. The van der Waals surface area contributed by atoms with Gasteiger partial charge in [-0.3, -0.25) is 0 Å². The summed E-state index contributed by atoms with van der Waals surface area (Å²) in [7, 11) is 1.47. The van der Waals surface area contributed by atoms with Crippen molar-refractivity contribution < 1.29 is 14.6 Å². The molecule has 0 atom stereocenters. The number of halogens is 1. The Labute approximate surface area is 157 Å². The third-order valence-electron chi connectivity index (χ3n) is 3.73. The van der Waals surface area contributed by atoms with Crippen molar-refractivity contribution in [2.45, 2.75) is 0 Å². The van der Waals surface area contributed by atoms with E-state index in [1.807, 2.05) is 24.3 Å². The second kappa shape index (κ2) is 6.64. The fourth-order valence-electron chi connectivity index (χ4n) is 2.51. The number of ether oxygens (including phenoxy) is 2. The van der Waals surface area contributed by atoms with Gasteiger partial charge in [0.05, 0.1) is 7.11 Å². The first-order valence-electron chi connectivity index (χ1n) is 7.64. The zero-order valence-electron chi connectivity index (χ0n) is 13.6. The predicted molar refractivity (Wildman–Crippen MR) is 101 cm³/mol. The van der Waals surface area contributed by atoms with Crippen molar-refractivity contribution >= 4 is 39.3 Å². The first-order valence-corrected chi connectivity index (χ1v) is 8.44. The van der Waals surface area contributed by atoms with Crippen LogP contribution in [0.1, 0.15) is 5.56 Å². The number of hydrogen-bond acceptors (Lipinski definition) is 7. The van der Waals surface area contributed by atoms with Crippen LogP contribution in [0.3, 0.4) is 0 Å². The third-order valence-corrected chi connectivity index (χ3v) is 4.22. The first kappa shape index (κ1) is 16.3. The lowest BCUT2D eigenvalue weighted by atomic mass is 10.2. The fraction of sp³-hybridized carbons (Fsp3) is 0.0556. The summed E-state index contributed by atoms with van der Waals surface area (Å²) in [6.07, 6.45) is 2.99. The molecule has 0 bridgehead atoms. The average molecular weight is 413 g/mol. The average Bonchev–Trinajstić information content (AvgIpc) is 2.80. The summed E-state index contributed by atoms with van der Waals surface area (Å²) in [6.45, 7) is 0. The van der Waals surface area contributed by atoms with Crippen molar-refractivity contribution in [3.8, 4) is 23.1 Å². The standard InChI is InChI=1S/C18H13BrN4O3/c1-25-15-7-14-10(5-13(15)24)8-20-16-17(21-9-22-18(16)26-14)23-12-4-2-3-11(19)6-12/h2-9,24H,1H3,(H,21,22,23). The molecule has 0 saturated carbocycles. The van der Waals surface area contributed by atoms with Crippen LogP contribution in [0.4, 0.5) is 17.2 Å². The van der Waals surface area contributed by atoms with Gasteiger partial charge in [0.15, 0.2) is 23.0 Å². The van der Waals surface area contributed by atoms with Crippen LogP contribution in [0.15, 0.2) is 52.2 Å². The molecular formula is C18H13BrN4O3. The monoisotopic (exact) mass is 412 g/mol. The minimum Gasteiger partial charge on any atom is -0.504 e. The van der Waals surface area contributed by atoms with Crippen LogP contribution in [0, 0.1) is 0 Å². The van der Waals surface area contributed by atoms with E-state index in [1.165, 1.54) is 19.5 Å². The van der Waals surface area contributed by atoms with Gasteiger partial charge in [-0.05, 0) is 24.3 Å². The topological polar surface area (TPSA) is 88.9 Å². The highest BCUT2D eigenvalue weighted by atomic mass is 79.9. The van der Waals surface area contributed by atoms with E-state index >= 15 is 0 Å². The van der Waals surface area contributed by atoms with Crippen LogP contribution in [0.5, 0.6) is 23.1 Å². The molecule has 0 radical (unpaired) electrons. The number of hydrogen-bond donors (Lipinski definition) is 2. The Morgan fingerprint density at radius 3 is 2.88 bits per heavy atom. The van der Waals surface area contributed by atoms with E-state index in [0.29, 0.717) is 34.4 Å². The molecule has 0 amide bonds. The highest BCUT2D eigenvalue weighted by molar-refractivity contribution is 9.10. The molecular weight excluding hydrogens is 400 g/mol. The number of phenols is 1. The maximum absolute atomic E-state index is 9.96. The van der Waals surface area contributed by atoms with Crippen LogP contribution < -0.4 is 14.8 Å². The van der Waals surface area contributed by atoms with E-state index in [-0.39, 0.29) is 5.75 Å². The fourth-order valence-corrected chi connectivity index (χ4v) is 2.90. The Hall–Kier alpha value is -3.13. The van der Waals surface area contributed by atoms with Gasteiger partial charge in [-0.2, -0.15) is 4.98 Å². The molecule has 1 aliphatic rings. The lowest BCUT2D eigenvalue weighted by Gasteiger charge is -2.12. The maximum Gasteiger partial charge on any atom is 0.250 e. The molecule has 0 fully saturated rings. The van der Waals surface area contributed by atoms with E-state index < -0.39 is 0 Å². The van der Waals surface area contributed by atoms with Crippen molar-refractivity contribution in [1.29, 1.82) is 0 Å². The molecule has 1 aliphatic heterocycles. The van der Waals surface area contributed by atoms with Gasteiger partial charge >= 0.3 is 0 Å². The van der Waals surface area contributed by atoms with E-state index in [0.717, 1.165) is 10.2 Å². The number of nitrogens with one attached hydrogen (secondary N) is 1.